The Morgan fingerprint density at radius 1 is 1.06 bits per heavy atom. The highest BCUT2D eigenvalue weighted by atomic mass is 35.5. The normalized spacial score (nSPS) is 25.5. The van der Waals surface area contributed by atoms with Crippen LogP contribution in [-0.4, -0.2) is 30.2 Å². The molecule has 2 fully saturated rings. The van der Waals surface area contributed by atoms with Crippen LogP contribution in [0.3, 0.4) is 0 Å². The van der Waals surface area contributed by atoms with E-state index in [1.165, 1.54) is 9.80 Å². The molecule has 2 heterocycles. The van der Waals surface area contributed by atoms with E-state index in [2.05, 4.69) is 0 Å². The summed E-state index contributed by atoms with van der Waals surface area (Å²) in [6.45, 7) is 3.84. The molecule has 186 valence electrons. The number of halogens is 2. The van der Waals surface area contributed by atoms with Crippen LogP contribution < -0.4 is 14.5 Å². The maximum atomic E-state index is 13.1. The number of carbonyl (C=O) groups excluding carboxylic acids is 4. The first kappa shape index (κ1) is 24.5. The molecule has 0 unspecified atom stereocenters. The summed E-state index contributed by atoms with van der Waals surface area (Å²) in [6, 6.07) is 9.80. The highest BCUT2D eigenvalue weighted by molar-refractivity contribution is 6.44. The minimum Gasteiger partial charge on any atom is -0.426 e. The number of fused-ring (bicyclic) bond motifs is 1. The summed E-state index contributed by atoms with van der Waals surface area (Å²) in [6.07, 6.45) is 4.50. The molecule has 2 aromatic rings. The molecule has 5 rings (SSSR count). The first-order valence-electron chi connectivity index (χ1n) is 11.8. The van der Waals surface area contributed by atoms with Gasteiger partial charge in [-0.15, -0.1) is 0 Å². The standard InChI is InChI=1S/C27H24Cl2N2O5/c1-14-5-3-6-18-23(14)26(34)31(25(18)33)20-10-9-17(11-15(20)2)36-27(35)16-12-22(32)30(13-16)21-8-4-7-19(28)24(21)29/h3-5,7-11,14,16,18,23H,6,12-13H2,1-2H3/t14-,16-,18-,23+/m1/s1. The highest BCUT2D eigenvalue weighted by Gasteiger charge is 2.50. The van der Waals surface area contributed by atoms with Crippen molar-refractivity contribution in [2.75, 3.05) is 16.3 Å². The summed E-state index contributed by atoms with van der Waals surface area (Å²) >= 11 is 12.3. The molecule has 0 saturated carbocycles. The molecule has 0 radical (unpaired) electrons. The molecule has 0 spiro atoms. The van der Waals surface area contributed by atoms with Gasteiger partial charge in [-0.1, -0.05) is 48.3 Å². The van der Waals surface area contributed by atoms with E-state index >= 15 is 0 Å². The second kappa shape index (κ2) is 9.37. The van der Waals surface area contributed by atoms with Crippen LogP contribution in [0.1, 0.15) is 25.3 Å². The lowest BCUT2D eigenvalue weighted by Gasteiger charge is -2.22. The highest BCUT2D eigenvalue weighted by Crippen LogP contribution is 2.42. The summed E-state index contributed by atoms with van der Waals surface area (Å²) in [7, 11) is 0. The van der Waals surface area contributed by atoms with E-state index in [0.29, 0.717) is 28.4 Å². The Kier molecular flexibility index (Phi) is 6.39. The lowest BCUT2D eigenvalue weighted by Crippen LogP contribution is -2.32. The molecule has 0 N–H and O–H groups in total. The third-order valence-corrected chi connectivity index (χ3v) is 7.99. The second-order valence-corrected chi connectivity index (χ2v) is 10.3. The fourth-order valence-electron chi connectivity index (χ4n) is 5.33. The number of amides is 3. The molecule has 2 saturated heterocycles. The maximum absolute atomic E-state index is 13.1. The number of hydrogen-bond acceptors (Lipinski definition) is 5. The number of esters is 1. The van der Waals surface area contributed by atoms with Crippen molar-refractivity contribution in [1.29, 1.82) is 0 Å². The van der Waals surface area contributed by atoms with Gasteiger partial charge in [-0.25, -0.2) is 4.90 Å². The number of allylic oxidation sites excluding steroid dienone is 2. The quantitative estimate of drug-likeness (QED) is 0.243. The first-order valence-corrected chi connectivity index (χ1v) is 12.5. The predicted molar refractivity (Wildman–Crippen MR) is 136 cm³/mol. The SMILES string of the molecule is Cc1cc(OC(=O)[C@@H]2CC(=O)N(c3cccc(Cl)c3Cl)C2)ccc1N1C(=O)[C@H]2[C@H](C)C=CC[C@H]2C1=O. The summed E-state index contributed by atoms with van der Waals surface area (Å²) in [4.78, 5) is 54.3. The smallest absolute Gasteiger partial charge is 0.316 e. The molecule has 3 aliphatic rings. The average molecular weight is 527 g/mol. The number of rotatable bonds is 4. The van der Waals surface area contributed by atoms with Gasteiger partial charge in [-0.3, -0.25) is 19.2 Å². The molecule has 1 aliphatic carbocycles. The van der Waals surface area contributed by atoms with E-state index in [-0.39, 0.29) is 59.2 Å². The van der Waals surface area contributed by atoms with Crippen LogP contribution in [0, 0.1) is 30.6 Å². The molecule has 3 amide bonds. The largest absolute Gasteiger partial charge is 0.426 e. The Labute approximate surface area is 218 Å². The van der Waals surface area contributed by atoms with Crippen molar-refractivity contribution in [3.05, 3.63) is 64.2 Å². The molecule has 2 aromatic carbocycles. The second-order valence-electron chi connectivity index (χ2n) is 9.51. The van der Waals surface area contributed by atoms with Crippen molar-refractivity contribution in [2.45, 2.75) is 26.7 Å². The Bertz CT molecular complexity index is 1320. The van der Waals surface area contributed by atoms with Gasteiger partial charge in [0.25, 0.3) is 0 Å². The number of imide groups is 1. The number of carbonyl (C=O) groups is 4. The van der Waals surface area contributed by atoms with Crippen LogP contribution in [-0.2, 0) is 19.2 Å². The van der Waals surface area contributed by atoms with Crippen molar-refractivity contribution in [1.82, 2.24) is 0 Å². The van der Waals surface area contributed by atoms with Crippen molar-refractivity contribution in [3.63, 3.8) is 0 Å². The Morgan fingerprint density at radius 3 is 2.56 bits per heavy atom. The van der Waals surface area contributed by atoms with Crippen LogP contribution in [0.15, 0.2) is 48.6 Å². The molecular formula is C27H24Cl2N2O5. The summed E-state index contributed by atoms with van der Waals surface area (Å²) in [5, 5.41) is 0.576. The van der Waals surface area contributed by atoms with Gasteiger partial charge < -0.3 is 9.64 Å². The van der Waals surface area contributed by atoms with Gasteiger partial charge >= 0.3 is 5.97 Å². The number of anilines is 2. The van der Waals surface area contributed by atoms with Gasteiger partial charge in [-0.05, 0) is 55.2 Å². The van der Waals surface area contributed by atoms with Crippen LogP contribution in [0.4, 0.5) is 11.4 Å². The van der Waals surface area contributed by atoms with Crippen molar-refractivity contribution in [2.24, 2.45) is 23.7 Å². The van der Waals surface area contributed by atoms with Crippen LogP contribution in [0.2, 0.25) is 10.0 Å². The van der Waals surface area contributed by atoms with E-state index in [9.17, 15) is 19.2 Å². The lowest BCUT2D eigenvalue weighted by atomic mass is 9.78. The molecule has 4 atom stereocenters. The van der Waals surface area contributed by atoms with Crippen molar-refractivity contribution >= 4 is 58.3 Å². The number of nitrogens with zero attached hydrogens (tertiary/aromatic N) is 2. The van der Waals surface area contributed by atoms with E-state index in [0.717, 1.165) is 0 Å². The summed E-state index contributed by atoms with van der Waals surface area (Å²) in [5.74, 6) is -2.27. The van der Waals surface area contributed by atoms with E-state index in [1.54, 1.807) is 43.3 Å². The molecule has 0 bridgehead atoms. The van der Waals surface area contributed by atoms with E-state index in [1.807, 2.05) is 19.1 Å². The topological polar surface area (TPSA) is 84.0 Å². The summed E-state index contributed by atoms with van der Waals surface area (Å²) < 4.78 is 5.57. The first-order chi connectivity index (χ1) is 17.2. The minimum atomic E-state index is -0.675. The van der Waals surface area contributed by atoms with Gasteiger partial charge in [0, 0.05) is 13.0 Å². The van der Waals surface area contributed by atoms with Crippen LogP contribution in [0.5, 0.6) is 5.75 Å². The average Bonchev–Trinajstić information content (AvgIpc) is 3.34. The van der Waals surface area contributed by atoms with Gasteiger partial charge in [-0.2, -0.15) is 0 Å². The molecule has 2 aliphatic heterocycles. The third kappa shape index (κ3) is 4.10. The summed E-state index contributed by atoms with van der Waals surface area (Å²) in [5.41, 5.74) is 1.58. The molecule has 7 nitrogen and oxygen atoms in total. The number of hydrogen-bond donors (Lipinski definition) is 0. The number of aryl methyl sites for hydroxylation is 1. The lowest BCUT2D eigenvalue weighted by molar-refractivity contribution is -0.139. The number of benzene rings is 2. The van der Waals surface area contributed by atoms with Gasteiger partial charge in [0.15, 0.2) is 0 Å². The predicted octanol–water partition coefficient (Wildman–Crippen LogP) is 4.96. The molecular weight excluding hydrogens is 503 g/mol. The third-order valence-electron chi connectivity index (χ3n) is 7.18. The van der Waals surface area contributed by atoms with Crippen molar-refractivity contribution in [3.8, 4) is 5.75 Å². The van der Waals surface area contributed by atoms with Gasteiger partial charge in [0.1, 0.15) is 5.75 Å². The van der Waals surface area contributed by atoms with E-state index in [4.69, 9.17) is 27.9 Å². The zero-order valence-electron chi connectivity index (χ0n) is 19.7. The Morgan fingerprint density at radius 2 is 1.83 bits per heavy atom. The Balaban J connectivity index is 1.30. The zero-order chi connectivity index (χ0) is 25.7. The number of ether oxygens (including phenoxy) is 1. The van der Waals surface area contributed by atoms with Gasteiger partial charge in [0.05, 0.1) is 39.2 Å². The maximum Gasteiger partial charge on any atom is 0.316 e. The Hall–Kier alpha value is -3.16. The fraction of sp³-hybridized carbons (Fsp3) is 0.333. The van der Waals surface area contributed by atoms with Crippen molar-refractivity contribution < 1.29 is 23.9 Å². The van der Waals surface area contributed by atoms with Gasteiger partial charge in [0.2, 0.25) is 17.7 Å². The fourth-order valence-corrected chi connectivity index (χ4v) is 5.72. The minimum absolute atomic E-state index is 0.00112. The molecule has 36 heavy (non-hydrogen) atoms. The zero-order valence-corrected chi connectivity index (χ0v) is 21.3. The van der Waals surface area contributed by atoms with Crippen LogP contribution >= 0.6 is 23.2 Å². The molecule has 0 aromatic heterocycles. The monoisotopic (exact) mass is 526 g/mol. The van der Waals surface area contributed by atoms with E-state index < -0.39 is 11.9 Å². The molecule has 9 heteroatoms. The van der Waals surface area contributed by atoms with Crippen LogP contribution in [0.25, 0.3) is 0 Å².